The Morgan fingerprint density at radius 3 is 2.72 bits per heavy atom. The van der Waals surface area contributed by atoms with Crippen LogP contribution in [0, 0.1) is 13.8 Å². The Morgan fingerprint density at radius 1 is 1.16 bits per heavy atom. The summed E-state index contributed by atoms with van der Waals surface area (Å²) in [6, 6.07) is 11.3. The number of rotatable bonds is 7. The molecule has 0 unspecified atom stereocenters. The van der Waals surface area contributed by atoms with Gasteiger partial charge in [0.15, 0.2) is 11.5 Å². The molecule has 0 radical (unpaired) electrons. The highest BCUT2D eigenvalue weighted by atomic mass is 16.5. The first-order chi connectivity index (χ1) is 15.4. The van der Waals surface area contributed by atoms with E-state index in [1.165, 1.54) is 0 Å². The number of hydrogen-bond acceptors (Lipinski definition) is 5. The van der Waals surface area contributed by atoms with Crippen molar-refractivity contribution in [2.75, 3.05) is 12.4 Å². The van der Waals surface area contributed by atoms with Crippen molar-refractivity contribution in [1.82, 2.24) is 24.5 Å². The minimum Gasteiger partial charge on any atom is -0.497 e. The number of nitrogens with one attached hydrogen (secondary N) is 1. The first-order valence-electron chi connectivity index (χ1n) is 10.8. The number of nitrogens with zero attached hydrogens (tertiary/aromatic N) is 5. The van der Waals surface area contributed by atoms with Gasteiger partial charge in [-0.15, -0.1) is 0 Å². The van der Waals surface area contributed by atoms with E-state index in [0.29, 0.717) is 22.7 Å². The number of hydrogen-bond donors (Lipinski definition) is 1. The van der Waals surface area contributed by atoms with Crippen molar-refractivity contribution < 1.29 is 9.53 Å². The normalized spacial score (nSPS) is 11.2. The summed E-state index contributed by atoms with van der Waals surface area (Å²) in [7, 11) is 3.46. The van der Waals surface area contributed by atoms with Crippen LogP contribution in [-0.2, 0) is 13.6 Å². The van der Waals surface area contributed by atoms with Gasteiger partial charge in [0.2, 0.25) is 0 Å². The molecule has 3 aromatic heterocycles. The summed E-state index contributed by atoms with van der Waals surface area (Å²) in [4.78, 5) is 18.2. The first-order valence-corrected chi connectivity index (χ1v) is 10.8. The molecule has 3 heterocycles. The third kappa shape index (κ3) is 4.08. The smallest absolute Gasteiger partial charge is 0.257 e. The van der Waals surface area contributed by atoms with E-state index in [1.54, 1.807) is 11.8 Å². The lowest BCUT2D eigenvalue weighted by Crippen LogP contribution is -2.14. The zero-order chi connectivity index (χ0) is 22.8. The molecule has 8 nitrogen and oxygen atoms in total. The molecule has 4 aromatic rings. The summed E-state index contributed by atoms with van der Waals surface area (Å²) in [6.07, 6.45) is 2.13. The molecule has 1 amide bonds. The van der Waals surface area contributed by atoms with Crippen molar-refractivity contribution in [3.05, 3.63) is 53.3 Å². The van der Waals surface area contributed by atoms with Crippen LogP contribution in [0.15, 0.2) is 36.4 Å². The summed E-state index contributed by atoms with van der Waals surface area (Å²) < 4.78 is 8.99. The molecule has 0 spiro atoms. The predicted molar refractivity (Wildman–Crippen MR) is 125 cm³/mol. The van der Waals surface area contributed by atoms with Crippen molar-refractivity contribution in [1.29, 1.82) is 0 Å². The summed E-state index contributed by atoms with van der Waals surface area (Å²) in [5, 5.41) is 12.7. The standard InChI is InChI=1S/C24H28N6O2/c1-6-7-11-30-15(2)12-21(28-30)26-24(31)19-14-20(17-9-8-10-18(13-17)32-5)25-23-22(19)16(3)27-29(23)4/h8-10,12-14H,6-7,11H2,1-5H3,(H,26,28,31). The van der Waals surface area contributed by atoms with Gasteiger partial charge < -0.3 is 10.1 Å². The second-order valence-electron chi connectivity index (χ2n) is 7.90. The number of methoxy groups -OCH3 is 1. The van der Waals surface area contributed by atoms with Crippen LogP contribution in [-0.4, -0.2) is 37.6 Å². The lowest BCUT2D eigenvalue weighted by atomic mass is 10.0. The average molecular weight is 433 g/mol. The fraction of sp³-hybridized carbons (Fsp3) is 0.333. The molecule has 0 aliphatic rings. The third-order valence-electron chi connectivity index (χ3n) is 5.53. The predicted octanol–water partition coefficient (Wildman–Crippen LogP) is 4.51. The Bertz CT molecular complexity index is 1290. The van der Waals surface area contributed by atoms with Gasteiger partial charge in [-0.3, -0.25) is 14.2 Å². The van der Waals surface area contributed by atoms with Gasteiger partial charge in [-0.05, 0) is 38.5 Å². The molecule has 0 saturated carbocycles. The average Bonchev–Trinajstić information content (AvgIpc) is 3.29. The first kappa shape index (κ1) is 21.5. The monoisotopic (exact) mass is 432 g/mol. The number of anilines is 1. The molecule has 32 heavy (non-hydrogen) atoms. The van der Waals surface area contributed by atoms with Crippen molar-refractivity contribution in [3.63, 3.8) is 0 Å². The number of fused-ring (bicyclic) bond motifs is 1. The van der Waals surface area contributed by atoms with E-state index in [-0.39, 0.29) is 5.91 Å². The Morgan fingerprint density at radius 2 is 1.97 bits per heavy atom. The van der Waals surface area contributed by atoms with Crippen molar-refractivity contribution >= 4 is 22.8 Å². The maximum absolute atomic E-state index is 13.4. The largest absolute Gasteiger partial charge is 0.497 e. The Balaban J connectivity index is 1.76. The maximum atomic E-state index is 13.4. The van der Waals surface area contributed by atoms with E-state index in [1.807, 2.05) is 62.0 Å². The molecule has 4 rings (SSSR count). The zero-order valence-corrected chi connectivity index (χ0v) is 19.1. The minimum absolute atomic E-state index is 0.238. The molecule has 0 fully saturated rings. The van der Waals surface area contributed by atoms with E-state index in [4.69, 9.17) is 9.72 Å². The molecule has 1 N–H and O–H groups in total. The van der Waals surface area contributed by atoms with Gasteiger partial charge in [0.1, 0.15) is 5.75 Å². The second-order valence-corrected chi connectivity index (χ2v) is 7.90. The highest BCUT2D eigenvalue weighted by Crippen LogP contribution is 2.29. The van der Waals surface area contributed by atoms with E-state index < -0.39 is 0 Å². The van der Waals surface area contributed by atoms with Crippen LogP contribution in [0.25, 0.3) is 22.3 Å². The van der Waals surface area contributed by atoms with Crippen molar-refractivity contribution in [2.45, 2.75) is 40.2 Å². The summed E-state index contributed by atoms with van der Waals surface area (Å²) in [6.45, 7) is 6.86. The van der Waals surface area contributed by atoms with E-state index in [9.17, 15) is 4.79 Å². The highest BCUT2D eigenvalue weighted by Gasteiger charge is 2.20. The van der Waals surface area contributed by atoms with E-state index in [0.717, 1.165) is 47.5 Å². The molecule has 166 valence electrons. The van der Waals surface area contributed by atoms with Gasteiger partial charge >= 0.3 is 0 Å². The molecule has 8 heteroatoms. The van der Waals surface area contributed by atoms with Gasteiger partial charge in [0.05, 0.1) is 29.4 Å². The molecule has 0 aliphatic carbocycles. The van der Waals surface area contributed by atoms with Crippen LogP contribution in [0.3, 0.4) is 0 Å². The van der Waals surface area contributed by atoms with Crippen LogP contribution in [0.5, 0.6) is 5.75 Å². The lowest BCUT2D eigenvalue weighted by Gasteiger charge is -2.09. The number of ether oxygens (including phenoxy) is 1. The second kappa shape index (κ2) is 8.82. The van der Waals surface area contributed by atoms with E-state index >= 15 is 0 Å². The SMILES string of the molecule is CCCCn1nc(NC(=O)c2cc(-c3cccc(OC)c3)nc3c2c(C)nn3C)cc1C. The number of aryl methyl sites for hydroxylation is 4. The number of benzene rings is 1. The molecule has 0 atom stereocenters. The quantitative estimate of drug-likeness (QED) is 0.464. The Hall–Kier alpha value is -3.68. The van der Waals surface area contributed by atoms with Crippen LogP contribution in [0.2, 0.25) is 0 Å². The van der Waals surface area contributed by atoms with Gasteiger partial charge in [0, 0.05) is 30.9 Å². The molecule has 0 saturated heterocycles. The number of carbonyl (C=O) groups is 1. The van der Waals surface area contributed by atoms with Crippen LogP contribution < -0.4 is 10.1 Å². The number of amides is 1. The van der Waals surface area contributed by atoms with Gasteiger partial charge in [0.25, 0.3) is 5.91 Å². The van der Waals surface area contributed by atoms with Crippen LogP contribution in [0.4, 0.5) is 5.82 Å². The zero-order valence-electron chi connectivity index (χ0n) is 19.1. The molecule has 0 aliphatic heterocycles. The highest BCUT2D eigenvalue weighted by molar-refractivity contribution is 6.13. The fourth-order valence-electron chi connectivity index (χ4n) is 3.84. The number of pyridine rings is 1. The molecule has 1 aromatic carbocycles. The topological polar surface area (TPSA) is 86.9 Å². The lowest BCUT2D eigenvalue weighted by molar-refractivity contribution is 0.102. The van der Waals surface area contributed by atoms with Crippen molar-refractivity contribution in [3.8, 4) is 17.0 Å². The molecule has 0 bridgehead atoms. The minimum atomic E-state index is -0.238. The van der Waals surface area contributed by atoms with Crippen LogP contribution in [0.1, 0.15) is 41.5 Å². The third-order valence-corrected chi connectivity index (χ3v) is 5.53. The van der Waals surface area contributed by atoms with Gasteiger partial charge in [-0.25, -0.2) is 4.98 Å². The van der Waals surface area contributed by atoms with Gasteiger partial charge in [-0.2, -0.15) is 10.2 Å². The summed E-state index contributed by atoms with van der Waals surface area (Å²) >= 11 is 0. The number of carbonyl (C=O) groups excluding carboxylic acids is 1. The maximum Gasteiger partial charge on any atom is 0.257 e. The molecular weight excluding hydrogens is 404 g/mol. The van der Waals surface area contributed by atoms with Crippen LogP contribution >= 0.6 is 0 Å². The summed E-state index contributed by atoms with van der Waals surface area (Å²) in [5.41, 5.74) is 4.47. The molecular formula is C24H28N6O2. The Kier molecular flexibility index (Phi) is 5.94. The summed E-state index contributed by atoms with van der Waals surface area (Å²) in [5.74, 6) is 1.03. The number of aromatic nitrogens is 5. The fourth-order valence-corrected chi connectivity index (χ4v) is 3.84. The van der Waals surface area contributed by atoms with E-state index in [2.05, 4.69) is 22.4 Å². The number of unbranched alkanes of at least 4 members (excludes halogenated alkanes) is 1. The van der Waals surface area contributed by atoms with Gasteiger partial charge in [-0.1, -0.05) is 25.5 Å². The van der Waals surface area contributed by atoms with Crippen molar-refractivity contribution in [2.24, 2.45) is 7.05 Å². The Labute approximate surface area is 187 Å².